The third kappa shape index (κ3) is 3.12. The van der Waals surface area contributed by atoms with Crippen LogP contribution in [0.2, 0.25) is 0 Å². The molecule has 0 bridgehead atoms. The number of aromatic nitrogens is 1. The van der Waals surface area contributed by atoms with E-state index in [1.54, 1.807) is 6.07 Å². The Bertz CT molecular complexity index is 382. The second-order valence-corrected chi connectivity index (χ2v) is 4.47. The summed E-state index contributed by atoms with van der Waals surface area (Å²) < 4.78 is 27.1. The lowest BCUT2D eigenvalue weighted by atomic mass is 9.94. The minimum absolute atomic E-state index is 0.222. The van der Waals surface area contributed by atoms with Crippen molar-refractivity contribution < 1.29 is 8.78 Å². The summed E-state index contributed by atoms with van der Waals surface area (Å²) in [7, 11) is 0. The topological polar surface area (TPSA) is 37.0 Å². The Labute approximate surface area is 99.6 Å². The standard InChI is InChI=1S/C12H17F2N3/c1-9-3-2-4-11(17-9)16-7-10-5-6-15-8-12(10,13)14/h2-4,10,15H,5-8H2,1H3,(H,16,17). The van der Waals surface area contributed by atoms with Crippen LogP contribution in [-0.2, 0) is 0 Å². The Balaban J connectivity index is 1.93. The van der Waals surface area contributed by atoms with Crippen LogP contribution < -0.4 is 10.6 Å². The summed E-state index contributed by atoms with van der Waals surface area (Å²) in [5.74, 6) is -2.58. The van der Waals surface area contributed by atoms with Crippen molar-refractivity contribution in [3.8, 4) is 0 Å². The van der Waals surface area contributed by atoms with Crippen LogP contribution in [0.15, 0.2) is 18.2 Å². The highest BCUT2D eigenvalue weighted by molar-refractivity contribution is 5.35. The molecule has 2 rings (SSSR count). The maximum Gasteiger partial charge on any atom is 0.264 e. The van der Waals surface area contributed by atoms with Gasteiger partial charge in [-0.1, -0.05) is 6.07 Å². The average molecular weight is 241 g/mol. The molecule has 1 aliphatic heterocycles. The van der Waals surface area contributed by atoms with Gasteiger partial charge in [-0.05, 0) is 32.0 Å². The van der Waals surface area contributed by atoms with Crippen molar-refractivity contribution >= 4 is 5.82 Å². The average Bonchev–Trinajstić information content (AvgIpc) is 2.27. The van der Waals surface area contributed by atoms with Crippen molar-refractivity contribution in [3.05, 3.63) is 23.9 Å². The third-order valence-electron chi connectivity index (χ3n) is 3.05. The summed E-state index contributed by atoms with van der Waals surface area (Å²) in [6.07, 6.45) is 0.492. The molecule has 17 heavy (non-hydrogen) atoms. The van der Waals surface area contributed by atoms with Gasteiger partial charge >= 0.3 is 0 Å². The number of nitrogens with zero attached hydrogens (tertiary/aromatic N) is 1. The first-order valence-corrected chi connectivity index (χ1v) is 5.84. The molecule has 1 saturated heterocycles. The van der Waals surface area contributed by atoms with Gasteiger partial charge in [-0.25, -0.2) is 13.8 Å². The highest BCUT2D eigenvalue weighted by atomic mass is 19.3. The molecule has 0 amide bonds. The van der Waals surface area contributed by atoms with Gasteiger partial charge in [0.15, 0.2) is 0 Å². The van der Waals surface area contributed by atoms with Gasteiger partial charge in [0.2, 0.25) is 0 Å². The quantitative estimate of drug-likeness (QED) is 0.850. The molecule has 0 aromatic carbocycles. The fourth-order valence-electron chi connectivity index (χ4n) is 2.01. The van der Waals surface area contributed by atoms with Crippen LogP contribution in [0.4, 0.5) is 14.6 Å². The molecule has 94 valence electrons. The normalized spacial score (nSPS) is 23.4. The summed E-state index contributed by atoms with van der Waals surface area (Å²) in [4.78, 5) is 4.23. The van der Waals surface area contributed by atoms with E-state index in [4.69, 9.17) is 0 Å². The Morgan fingerprint density at radius 1 is 1.53 bits per heavy atom. The first-order chi connectivity index (χ1) is 8.08. The molecule has 1 aromatic rings. The van der Waals surface area contributed by atoms with Crippen molar-refractivity contribution in [1.29, 1.82) is 0 Å². The molecule has 2 heterocycles. The lowest BCUT2D eigenvalue weighted by Gasteiger charge is -2.32. The number of aryl methyl sites for hydroxylation is 1. The van der Waals surface area contributed by atoms with Crippen LogP contribution in [0.1, 0.15) is 12.1 Å². The van der Waals surface area contributed by atoms with Gasteiger partial charge in [0.1, 0.15) is 5.82 Å². The summed E-state index contributed by atoms with van der Waals surface area (Å²) in [5, 5.41) is 5.71. The van der Waals surface area contributed by atoms with Crippen LogP contribution in [0.5, 0.6) is 0 Å². The number of alkyl halides is 2. The second-order valence-electron chi connectivity index (χ2n) is 4.47. The Kier molecular flexibility index (Phi) is 3.57. The van der Waals surface area contributed by atoms with Crippen molar-refractivity contribution in [2.75, 3.05) is 25.0 Å². The second kappa shape index (κ2) is 4.96. The minimum atomic E-state index is -2.63. The van der Waals surface area contributed by atoms with Gasteiger partial charge in [-0.15, -0.1) is 0 Å². The molecule has 3 nitrogen and oxygen atoms in total. The highest BCUT2D eigenvalue weighted by Crippen LogP contribution is 2.29. The van der Waals surface area contributed by atoms with Gasteiger partial charge in [-0.3, -0.25) is 0 Å². The van der Waals surface area contributed by atoms with Gasteiger partial charge in [-0.2, -0.15) is 0 Å². The molecule has 1 unspecified atom stereocenters. The Morgan fingerprint density at radius 3 is 3.06 bits per heavy atom. The third-order valence-corrected chi connectivity index (χ3v) is 3.05. The van der Waals surface area contributed by atoms with Crippen LogP contribution in [0, 0.1) is 12.8 Å². The van der Waals surface area contributed by atoms with Crippen molar-refractivity contribution in [2.45, 2.75) is 19.3 Å². The summed E-state index contributed by atoms with van der Waals surface area (Å²) in [6.45, 7) is 2.58. The Morgan fingerprint density at radius 2 is 2.35 bits per heavy atom. The van der Waals surface area contributed by atoms with E-state index in [-0.39, 0.29) is 13.1 Å². The van der Waals surface area contributed by atoms with E-state index in [9.17, 15) is 8.78 Å². The number of nitrogens with one attached hydrogen (secondary N) is 2. The molecule has 0 radical (unpaired) electrons. The smallest absolute Gasteiger partial charge is 0.264 e. The molecular weight excluding hydrogens is 224 g/mol. The Hall–Kier alpha value is -1.23. The van der Waals surface area contributed by atoms with E-state index in [0.717, 1.165) is 5.69 Å². The molecule has 0 saturated carbocycles. The lowest BCUT2D eigenvalue weighted by molar-refractivity contribution is -0.0678. The molecule has 5 heteroatoms. The lowest BCUT2D eigenvalue weighted by Crippen LogP contribution is -2.48. The first kappa shape index (κ1) is 12.2. The summed E-state index contributed by atoms with van der Waals surface area (Å²) >= 11 is 0. The van der Waals surface area contributed by atoms with Crippen LogP contribution >= 0.6 is 0 Å². The fraction of sp³-hybridized carbons (Fsp3) is 0.583. The van der Waals surface area contributed by atoms with Crippen LogP contribution in [0.25, 0.3) is 0 Å². The van der Waals surface area contributed by atoms with E-state index >= 15 is 0 Å². The van der Waals surface area contributed by atoms with E-state index in [1.807, 2.05) is 19.1 Å². The van der Waals surface area contributed by atoms with Gasteiger partial charge in [0, 0.05) is 18.2 Å². The van der Waals surface area contributed by atoms with Crippen molar-refractivity contribution in [1.82, 2.24) is 10.3 Å². The SMILES string of the molecule is Cc1cccc(NCC2CCNCC2(F)F)n1. The maximum absolute atomic E-state index is 13.5. The van der Waals surface area contributed by atoms with E-state index in [1.165, 1.54) is 0 Å². The zero-order chi connectivity index (χ0) is 12.3. The molecule has 0 aliphatic carbocycles. The minimum Gasteiger partial charge on any atom is -0.370 e. The first-order valence-electron chi connectivity index (χ1n) is 5.84. The van der Waals surface area contributed by atoms with Crippen molar-refractivity contribution in [2.24, 2.45) is 5.92 Å². The van der Waals surface area contributed by atoms with Crippen LogP contribution in [0.3, 0.4) is 0 Å². The number of hydrogen-bond donors (Lipinski definition) is 2. The summed E-state index contributed by atoms with van der Waals surface area (Å²) in [5.41, 5.74) is 0.882. The molecule has 1 aromatic heterocycles. The number of anilines is 1. The fourth-order valence-corrected chi connectivity index (χ4v) is 2.01. The predicted molar refractivity (Wildman–Crippen MR) is 63.4 cm³/mol. The molecule has 1 fully saturated rings. The molecule has 1 atom stereocenters. The predicted octanol–water partition coefficient (Wildman–Crippen LogP) is 2.05. The van der Waals surface area contributed by atoms with Crippen LogP contribution in [-0.4, -0.2) is 30.5 Å². The maximum atomic E-state index is 13.5. The van der Waals surface area contributed by atoms with E-state index in [0.29, 0.717) is 18.8 Å². The van der Waals surface area contributed by atoms with Crippen molar-refractivity contribution in [3.63, 3.8) is 0 Å². The number of halogens is 2. The van der Waals surface area contributed by atoms with E-state index in [2.05, 4.69) is 15.6 Å². The van der Waals surface area contributed by atoms with Gasteiger partial charge < -0.3 is 10.6 Å². The largest absolute Gasteiger partial charge is 0.370 e. The highest BCUT2D eigenvalue weighted by Gasteiger charge is 2.41. The zero-order valence-corrected chi connectivity index (χ0v) is 9.84. The number of piperidine rings is 1. The van der Waals surface area contributed by atoms with E-state index < -0.39 is 11.8 Å². The summed E-state index contributed by atoms with van der Waals surface area (Å²) in [6, 6.07) is 5.54. The number of pyridine rings is 1. The molecule has 2 N–H and O–H groups in total. The van der Waals surface area contributed by atoms with Gasteiger partial charge in [0.25, 0.3) is 5.92 Å². The number of hydrogen-bond acceptors (Lipinski definition) is 3. The zero-order valence-electron chi connectivity index (χ0n) is 9.84. The molecule has 1 aliphatic rings. The molecular formula is C12H17F2N3. The monoisotopic (exact) mass is 241 g/mol. The van der Waals surface area contributed by atoms with Gasteiger partial charge in [0.05, 0.1) is 6.54 Å². The number of rotatable bonds is 3. The molecule has 0 spiro atoms.